The minimum Gasteiger partial charge on any atom is -0.379 e. The molecule has 0 spiro atoms. The number of benzene rings is 2. The molecule has 1 fully saturated rings. The van der Waals surface area contributed by atoms with Crippen LogP contribution in [0.5, 0.6) is 0 Å². The first-order chi connectivity index (χ1) is 16.2. The highest BCUT2D eigenvalue weighted by atomic mass is 35.5. The van der Waals surface area contributed by atoms with E-state index in [1.54, 1.807) is 6.07 Å². The molecule has 0 saturated carbocycles. The largest absolute Gasteiger partial charge is 0.379 e. The highest BCUT2D eigenvalue weighted by Gasteiger charge is 2.34. The Hall–Kier alpha value is -1.96. The van der Waals surface area contributed by atoms with Crippen LogP contribution in [-0.4, -0.2) is 51.4 Å². The molecule has 6 nitrogen and oxygen atoms in total. The lowest BCUT2D eigenvalue weighted by molar-refractivity contribution is 0.0210. The Labute approximate surface area is 215 Å². The molecule has 180 valence electrons. The molecule has 0 bridgehead atoms. The highest BCUT2D eigenvalue weighted by Crippen LogP contribution is 2.37. The van der Waals surface area contributed by atoms with Gasteiger partial charge < -0.3 is 4.74 Å². The van der Waals surface area contributed by atoms with Gasteiger partial charge in [0.05, 0.1) is 25.3 Å². The molecule has 2 unspecified atom stereocenters. The summed E-state index contributed by atoms with van der Waals surface area (Å²) < 4.78 is 7.53. The van der Waals surface area contributed by atoms with Crippen LogP contribution in [0, 0.1) is 5.41 Å². The van der Waals surface area contributed by atoms with Crippen LogP contribution in [-0.2, 0) is 4.74 Å². The molecule has 0 amide bonds. The van der Waals surface area contributed by atoms with Gasteiger partial charge in [-0.2, -0.15) is 0 Å². The van der Waals surface area contributed by atoms with Crippen LogP contribution in [0.1, 0.15) is 49.8 Å². The van der Waals surface area contributed by atoms with Crippen molar-refractivity contribution in [1.82, 2.24) is 25.1 Å². The van der Waals surface area contributed by atoms with Gasteiger partial charge in [-0.05, 0) is 51.2 Å². The van der Waals surface area contributed by atoms with Gasteiger partial charge in [-0.25, -0.2) is 4.68 Å². The molecular formula is C25H28Cl3N5O. The molecule has 0 aliphatic carbocycles. The minimum atomic E-state index is -0.172. The standard InChI is InChI=1S/C25H28Cl3N5O/c1-25(2,3)22(11-7-17-4-10-20(27)16-21(17)28)33-24(29-30-31-33)23(32-12-14-34-15-13-32)18-5-8-19(26)9-6-18/h4-11,16,22-23H,12-15H2,1-3H3. The van der Waals surface area contributed by atoms with Crippen molar-refractivity contribution in [2.75, 3.05) is 26.3 Å². The fraction of sp³-hybridized carbons (Fsp3) is 0.400. The van der Waals surface area contributed by atoms with E-state index >= 15 is 0 Å². The van der Waals surface area contributed by atoms with E-state index in [1.807, 2.05) is 47.2 Å². The summed E-state index contributed by atoms with van der Waals surface area (Å²) in [5.74, 6) is 0.774. The fourth-order valence-corrected chi connectivity index (χ4v) is 4.75. The first kappa shape index (κ1) is 25.1. The molecule has 3 aromatic rings. The van der Waals surface area contributed by atoms with Crippen molar-refractivity contribution in [2.45, 2.75) is 32.9 Å². The maximum Gasteiger partial charge on any atom is 0.173 e. The first-order valence-electron chi connectivity index (χ1n) is 11.2. The number of ether oxygens (including phenoxy) is 1. The van der Waals surface area contributed by atoms with E-state index in [9.17, 15) is 0 Å². The van der Waals surface area contributed by atoms with Crippen LogP contribution in [0.25, 0.3) is 6.08 Å². The van der Waals surface area contributed by atoms with Crippen LogP contribution >= 0.6 is 34.8 Å². The van der Waals surface area contributed by atoms with E-state index in [0.29, 0.717) is 28.3 Å². The van der Waals surface area contributed by atoms with Gasteiger partial charge in [0.15, 0.2) is 5.82 Å². The van der Waals surface area contributed by atoms with Crippen LogP contribution in [0.15, 0.2) is 48.5 Å². The predicted molar refractivity (Wildman–Crippen MR) is 137 cm³/mol. The third-order valence-electron chi connectivity index (χ3n) is 5.93. The van der Waals surface area contributed by atoms with Gasteiger partial charge in [0.25, 0.3) is 0 Å². The summed E-state index contributed by atoms with van der Waals surface area (Å²) in [4.78, 5) is 2.36. The number of halogens is 3. The molecule has 1 aliphatic rings. The Morgan fingerprint density at radius 3 is 2.29 bits per heavy atom. The average molecular weight is 521 g/mol. The summed E-state index contributed by atoms with van der Waals surface area (Å²) in [6.07, 6.45) is 4.11. The van der Waals surface area contributed by atoms with E-state index in [0.717, 1.165) is 30.0 Å². The molecule has 34 heavy (non-hydrogen) atoms. The van der Waals surface area contributed by atoms with E-state index in [4.69, 9.17) is 39.5 Å². The van der Waals surface area contributed by atoms with E-state index in [2.05, 4.69) is 47.3 Å². The molecule has 1 aromatic heterocycles. The smallest absolute Gasteiger partial charge is 0.173 e. The van der Waals surface area contributed by atoms with Crippen LogP contribution in [0.2, 0.25) is 15.1 Å². The lowest BCUT2D eigenvalue weighted by Gasteiger charge is -2.36. The maximum absolute atomic E-state index is 6.42. The number of hydrogen-bond donors (Lipinski definition) is 0. The monoisotopic (exact) mass is 519 g/mol. The lowest BCUT2D eigenvalue weighted by atomic mass is 9.86. The molecule has 2 atom stereocenters. The van der Waals surface area contributed by atoms with Crippen molar-refractivity contribution in [3.05, 3.63) is 80.6 Å². The third-order valence-corrected chi connectivity index (χ3v) is 6.75. The number of allylic oxidation sites excluding steroid dienone is 1. The van der Waals surface area contributed by atoms with E-state index < -0.39 is 0 Å². The predicted octanol–water partition coefficient (Wildman–Crippen LogP) is 6.36. The number of nitrogens with zero attached hydrogens (tertiary/aromatic N) is 5. The van der Waals surface area contributed by atoms with Crippen LogP contribution in [0.4, 0.5) is 0 Å². The zero-order valence-corrected chi connectivity index (χ0v) is 21.7. The molecule has 0 radical (unpaired) electrons. The Morgan fingerprint density at radius 2 is 1.65 bits per heavy atom. The molecule has 2 aromatic carbocycles. The second kappa shape index (κ2) is 10.8. The van der Waals surface area contributed by atoms with Gasteiger partial charge in [-0.3, -0.25) is 4.90 Å². The summed E-state index contributed by atoms with van der Waals surface area (Å²) in [5.41, 5.74) is 1.80. The molecule has 1 saturated heterocycles. The van der Waals surface area contributed by atoms with Gasteiger partial charge in [0.2, 0.25) is 0 Å². The average Bonchev–Trinajstić information content (AvgIpc) is 3.25. The number of morpholine rings is 1. The Kier molecular flexibility index (Phi) is 7.95. The second-order valence-corrected chi connectivity index (χ2v) is 10.7. The first-order valence-corrected chi connectivity index (χ1v) is 12.4. The normalized spacial score (nSPS) is 17.2. The molecular weight excluding hydrogens is 493 g/mol. The maximum atomic E-state index is 6.42. The summed E-state index contributed by atoms with van der Waals surface area (Å²) in [7, 11) is 0. The summed E-state index contributed by atoms with van der Waals surface area (Å²) >= 11 is 18.7. The van der Waals surface area contributed by atoms with E-state index in [-0.39, 0.29) is 17.5 Å². The number of aromatic nitrogens is 4. The van der Waals surface area contributed by atoms with Crippen molar-refractivity contribution in [3.8, 4) is 0 Å². The van der Waals surface area contributed by atoms with Gasteiger partial charge >= 0.3 is 0 Å². The topological polar surface area (TPSA) is 56.1 Å². The molecule has 9 heteroatoms. The van der Waals surface area contributed by atoms with Crippen LogP contribution < -0.4 is 0 Å². The van der Waals surface area contributed by atoms with Gasteiger partial charge in [0.1, 0.15) is 0 Å². The zero-order valence-electron chi connectivity index (χ0n) is 19.5. The molecule has 0 N–H and O–H groups in total. The lowest BCUT2D eigenvalue weighted by Crippen LogP contribution is -2.41. The Bertz CT molecular complexity index is 1130. The Morgan fingerprint density at radius 1 is 0.971 bits per heavy atom. The van der Waals surface area contributed by atoms with Crippen molar-refractivity contribution in [2.24, 2.45) is 5.41 Å². The van der Waals surface area contributed by atoms with Gasteiger partial charge in [-0.1, -0.05) is 85.9 Å². The molecule has 2 heterocycles. The minimum absolute atomic E-state index is 0.125. The number of hydrogen-bond acceptors (Lipinski definition) is 5. The summed E-state index contributed by atoms with van der Waals surface area (Å²) in [6, 6.07) is 13.1. The third kappa shape index (κ3) is 5.81. The highest BCUT2D eigenvalue weighted by molar-refractivity contribution is 6.35. The van der Waals surface area contributed by atoms with Crippen LogP contribution in [0.3, 0.4) is 0 Å². The second-order valence-electron chi connectivity index (χ2n) is 9.42. The molecule has 1 aliphatic heterocycles. The summed E-state index contributed by atoms with van der Waals surface area (Å²) in [5, 5.41) is 15.0. The zero-order chi connectivity index (χ0) is 24.3. The van der Waals surface area contributed by atoms with Crippen molar-refractivity contribution >= 4 is 40.9 Å². The van der Waals surface area contributed by atoms with Gasteiger partial charge in [0, 0.05) is 28.2 Å². The summed E-state index contributed by atoms with van der Waals surface area (Å²) in [6.45, 7) is 9.43. The van der Waals surface area contributed by atoms with Crippen molar-refractivity contribution < 1.29 is 4.74 Å². The van der Waals surface area contributed by atoms with Crippen molar-refractivity contribution in [3.63, 3.8) is 0 Å². The van der Waals surface area contributed by atoms with Crippen molar-refractivity contribution in [1.29, 1.82) is 0 Å². The van der Waals surface area contributed by atoms with Gasteiger partial charge in [-0.15, -0.1) is 5.10 Å². The quantitative estimate of drug-likeness (QED) is 0.379. The SMILES string of the molecule is CC(C)(C)C(C=Cc1ccc(Cl)cc1Cl)n1nnnc1C(c1ccc(Cl)cc1)N1CCOCC1. The molecule has 4 rings (SSSR count). The number of tetrazole rings is 1. The van der Waals surface area contributed by atoms with E-state index in [1.165, 1.54) is 0 Å². The fourth-order valence-electron chi connectivity index (χ4n) is 4.15. The Balaban J connectivity index is 1.76. The number of rotatable bonds is 6.